The van der Waals surface area contributed by atoms with Gasteiger partial charge in [0.2, 0.25) is 0 Å². The topological polar surface area (TPSA) is 110 Å². The molecular formula is C23H25N3O5. The third kappa shape index (κ3) is 6.51. The summed E-state index contributed by atoms with van der Waals surface area (Å²) < 4.78 is 15.5. The Labute approximate surface area is 181 Å². The molecule has 0 aliphatic rings. The number of amides is 1. The fraction of sp³-hybridized carbons (Fsp3) is 0.261. The Hall–Kier alpha value is -3.99. The molecule has 0 aliphatic heterocycles. The summed E-state index contributed by atoms with van der Waals surface area (Å²) in [5, 5.41) is 14.9. The van der Waals surface area contributed by atoms with Crippen molar-refractivity contribution in [2.24, 2.45) is 0 Å². The number of nitrogens with zero attached hydrogens (tertiary/aromatic N) is 1. The summed E-state index contributed by atoms with van der Waals surface area (Å²) in [5.41, 5.74) is 1.38. The summed E-state index contributed by atoms with van der Waals surface area (Å²) in [7, 11) is 3.14. The van der Waals surface area contributed by atoms with E-state index in [2.05, 4.69) is 10.6 Å². The highest BCUT2D eigenvalue weighted by Gasteiger charge is 2.16. The van der Waals surface area contributed by atoms with Crippen LogP contribution in [0.15, 0.2) is 54.2 Å². The Balaban J connectivity index is 1.99. The number of carbonyl (C=O) groups excluding carboxylic acids is 2. The Morgan fingerprint density at radius 2 is 1.84 bits per heavy atom. The Bertz CT molecular complexity index is 995. The van der Waals surface area contributed by atoms with Crippen LogP contribution in [-0.2, 0) is 16.0 Å². The van der Waals surface area contributed by atoms with Gasteiger partial charge in [-0.1, -0.05) is 18.2 Å². The number of para-hydroxylation sites is 1. The molecule has 8 nitrogen and oxygen atoms in total. The quantitative estimate of drug-likeness (QED) is 0.262. The van der Waals surface area contributed by atoms with Gasteiger partial charge in [0, 0.05) is 12.7 Å². The Kier molecular flexibility index (Phi) is 8.92. The SMILES string of the molecule is CCOC(=O)c1ccccc1NC(=O)/C(C#N)=C\NCCc1ccc(OC)c(OC)c1. The van der Waals surface area contributed by atoms with Crippen molar-refractivity contribution < 1.29 is 23.8 Å². The zero-order valence-electron chi connectivity index (χ0n) is 17.7. The smallest absolute Gasteiger partial charge is 0.340 e. The van der Waals surface area contributed by atoms with Crippen molar-refractivity contribution in [3.05, 3.63) is 65.4 Å². The number of benzene rings is 2. The number of hydrogen-bond acceptors (Lipinski definition) is 7. The maximum atomic E-state index is 12.5. The molecule has 2 aromatic rings. The molecule has 8 heteroatoms. The molecule has 31 heavy (non-hydrogen) atoms. The average Bonchev–Trinajstić information content (AvgIpc) is 2.79. The van der Waals surface area contributed by atoms with Gasteiger partial charge in [-0.2, -0.15) is 5.26 Å². The second-order valence-electron chi connectivity index (χ2n) is 6.28. The fourth-order valence-electron chi connectivity index (χ4n) is 2.74. The van der Waals surface area contributed by atoms with Gasteiger partial charge >= 0.3 is 5.97 Å². The minimum Gasteiger partial charge on any atom is -0.493 e. The van der Waals surface area contributed by atoms with Crippen molar-refractivity contribution in [1.82, 2.24) is 5.32 Å². The minimum atomic E-state index is -0.627. The predicted molar refractivity (Wildman–Crippen MR) is 116 cm³/mol. The minimum absolute atomic E-state index is 0.119. The zero-order chi connectivity index (χ0) is 22.6. The number of methoxy groups -OCH3 is 2. The first-order valence-corrected chi connectivity index (χ1v) is 9.66. The van der Waals surface area contributed by atoms with Crippen LogP contribution in [0.5, 0.6) is 11.5 Å². The monoisotopic (exact) mass is 423 g/mol. The standard InChI is InChI=1S/C23H25N3O5/c1-4-31-23(28)18-7-5-6-8-19(18)26-22(27)17(14-24)15-25-12-11-16-9-10-20(29-2)21(13-16)30-3/h5-10,13,15,25H,4,11-12H2,1-3H3,(H,26,27)/b17-15-. The molecular weight excluding hydrogens is 398 g/mol. The zero-order valence-corrected chi connectivity index (χ0v) is 17.7. The number of nitrogens with one attached hydrogen (secondary N) is 2. The summed E-state index contributed by atoms with van der Waals surface area (Å²) >= 11 is 0. The normalized spacial score (nSPS) is 10.6. The summed E-state index contributed by atoms with van der Waals surface area (Å²) in [4.78, 5) is 24.5. The van der Waals surface area contributed by atoms with Crippen LogP contribution in [-0.4, -0.2) is 39.2 Å². The molecule has 0 unspecified atom stereocenters. The summed E-state index contributed by atoms with van der Waals surface area (Å²) in [6.45, 7) is 2.41. The molecule has 1 amide bonds. The molecule has 2 rings (SSSR count). The van der Waals surface area contributed by atoms with Crippen LogP contribution in [0.2, 0.25) is 0 Å². The molecule has 2 aromatic carbocycles. The van der Waals surface area contributed by atoms with Crippen molar-refractivity contribution in [1.29, 1.82) is 5.26 Å². The first-order valence-electron chi connectivity index (χ1n) is 9.66. The van der Waals surface area contributed by atoms with Crippen molar-refractivity contribution in [3.63, 3.8) is 0 Å². The van der Waals surface area contributed by atoms with Gasteiger partial charge in [0.25, 0.3) is 5.91 Å². The number of ether oxygens (including phenoxy) is 3. The highest BCUT2D eigenvalue weighted by molar-refractivity contribution is 6.09. The van der Waals surface area contributed by atoms with Crippen LogP contribution < -0.4 is 20.1 Å². The third-order valence-corrected chi connectivity index (χ3v) is 4.29. The highest BCUT2D eigenvalue weighted by Crippen LogP contribution is 2.27. The van der Waals surface area contributed by atoms with E-state index in [1.54, 1.807) is 45.4 Å². The van der Waals surface area contributed by atoms with Gasteiger partial charge in [-0.3, -0.25) is 4.79 Å². The number of rotatable bonds is 10. The van der Waals surface area contributed by atoms with Gasteiger partial charge in [0.05, 0.1) is 32.1 Å². The van der Waals surface area contributed by atoms with E-state index in [1.807, 2.05) is 24.3 Å². The van der Waals surface area contributed by atoms with Crippen LogP contribution in [0.3, 0.4) is 0 Å². The molecule has 0 fully saturated rings. The second kappa shape index (κ2) is 11.9. The van der Waals surface area contributed by atoms with Crippen LogP contribution >= 0.6 is 0 Å². The highest BCUT2D eigenvalue weighted by atomic mass is 16.5. The van der Waals surface area contributed by atoms with Crippen molar-refractivity contribution in [2.45, 2.75) is 13.3 Å². The van der Waals surface area contributed by atoms with Gasteiger partial charge < -0.3 is 24.8 Å². The fourth-order valence-corrected chi connectivity index (χ4v) is 2.74. The van der Waals surface area contributed by atoms with Crippen LogP contribution in [0.1, 0.15) is 22.8 Å². The lowest BCUT2D eigenvalue weighted by Gasteiger charge is -2.10. The molecule has 0 radical (unpaired) electrons. The molecule has 0 saturated heterocycles. The largest absolute Gasteiger partial charge is 0.493 e. The molecule has 0 aliphatic carbocycles. The van der Waals surface area contributed by atoms with E-state index in [4.69, 9.17) is 14.2 Å². The van der Waals surface area contributed by atoms with E-state index in [0.29, 0.717) is 24.5 Å². The first kappa shape index (κ1) is 23.3. The molecule has 0 bridgehead atoms. The lowest BCUT2D eigenvalue weighted by Crippen LogP contribution is -2.19. The lowest BCUT2D eigenvalue weighted by molar-refractivity contribution is -0.112. The van der Waals surface area contributed by atoms with Gasteiger partial charge in [0.1, 0.15) is 11.6 Å². The molecule has 0 aromatic heterocycles. The summed E-state index contributed by atoms with van der Waals surface area (Å²) in [6, 6.07) is 13.9. The average molecular weight is 423 g/mol. The van der Waals surface area contributed by atoms with Crippen LogP contribution in [0.25, 0.3) is 0 Å². The summed E-state index contributed by atoms with van der Waals surface area (Å²) in [6.07, 6.45) is 1.99. The third-order valence-electron chi connectivity index (χ3n) is 4.29. The van der Waals surface area contributed by atoms with E-state index in [-0.39, 0.29) is 23.4 Å². The van der Waals surface area contributed by atoms with Crippen molar-refractivity contribution >= 4 is 17.6 Å². The second-order valence-corrected chi connectivity index (χ2v) is 6.28. The van der Waals surface area contributed by atoms with Gasteiger partial charge in [0.15, 0.2) is 11.5 Å². The first-order chi connectivity index (χ1) is 15.0. The van der Waals surface area contributed by atoms with Gasteiger partial charge in [-0.15, -0.1) is 0 Å². The molecule has 162 valence electrons. The molecule has 0 spiro atoms. The van der Waals surface area contributed by atoms with E-state index in [0.717, 1.165) is 5.56 Å². The number of esters is 1. The Morgan fingerprint density at radius 1 is 1.10 bits per heavy atom. The van der Waals surface area contributed by atoms with Crippen molar-refractivity contribution in [2.75, 3.05) is 32.7 Å². The molecule has 0 heterocycles. The van der Waals surface area contributed by atoms with Crippen LogP contribution in [0.4, 0.5) is 5.69 Å². The van der Waals surface area contributed by atoms with E-state index in [1.165, 1.54) is 6.20 Å². The maximum Gasteiger partial charge on any atom is 0.340 e. The van der Waals surface area contributed by atoms with Crippen LogP contribution in [0, 0.1) is 11.3 Å². The number of nitriles is 1. The van der Waals surface area contributed by atoms with Gasteiger partial charge in [-0.25, -0.2) is 4.79 Å². The van der Waals surface area contributed by atoms with E-state index in [9.17, 15) is 14.9 Å². The maximum absolute atomic E-state index is 12.5. The van der Waals surface area contributed by atoms with E-state index >= 15 is 0 Å². The lowest BCUT2D eigenvalue weighted by atomic mass is 10.1. The Morgan fingerprint density at radius 3 is 2.52 bits per heavy atom. The van der Waals surface area contributed by atoms with Crippen molar-refractivity contribution in [3.8, 4) is 17.6 Å². The summed E-state index contributed by atoms with van der Waals surface area (Å²) in [5.74, 6) is 0.102. The molecule has 0 saturated carbocycles. The number of carbonyl (C=O) groups is 2. The molecule has 2 N–H and O–H groups in total. The number of hydrogen-bond donors (Lipinski definition) is 2. The van der Waals surface area contributed by atoms with Gasteiger partial charge in [-0.05, 0) is 43.2 Å². The van der Waals surface area contributed by atoms with E-state index < -0.39 is 11.9 Å². The molecule has 0 atom stereocenters. The predicted octanol–water partition coefficient (Wildman–Crippen LogP) is 3.06. The number of anilines is 1.